The molecule has 0 aliphatic carbocycles. The monoisotopic (exact) mass is 363 g/mol. The maximum absolute atomic E-state index is 12.7. The number of hydrogen-bond acceptors (Lipinski definition) is 3. The van der Waals surface area contributed by atoms with Crippen molar-refractivity contribution < 1.29 is 9.21 Å². The molecule has 0 fully saturated rings. The summed E-state index contributed by atoms with van der Waals surface area (Å²) in [6, 6.07) is 16.9. The van der Waals surface area contributed by atoms with Crippen LogP contribution in [0.2, 0.25) is 0 Å². The second-order valence-electron chi connectivity index (χ2n) is 6.58. The molecule has 0 aliphatic heterocycles. The van der Waals surface area contributed by atoms with Gasteiger partial charge in [-0.15, -0.1) is 0 Å². The minimum Gasteiger partial charge on any atom is -0.459 e. The molecule has 0 aliphatic rings. The van der Waals surface area contributed by atoms with Crippen molar-refractivity contribution in [3.8, 4) is 0 Å². The normalized spacial score (nSPS) is 12.5. The van der Waals surface area contributed by atoms with Crippen molar-refractivity contribution in [3.63, 3.8) is 0 Å². The molecule has 6 nitrogen and oxygen atoms in total. The van der Waals surface area contributed by atoms with Crippen molar-refractivity contribution in [1.82, 2.24) is 14.5 Å². The van der Waals surface area contributed by atoms with Crippen LogP contribution < -0.4 is 11.0 Å². The summed E-state index contributed by atoms with van der Waals surface area (Å²) in [5, 5.41) is 3.92. The third kappa shape index (κ3) is 3.03. The van der Waals surface area contributed by atoms with E-state index < -0.39 is 0 Å². The minimum absolute atomic E-state index is 0.0308. The molecular formula is C21H21N3O3. The van der Waals surface area contributed by atoms with E-state index >= 15 is 0 Å². The van der Waals surface area contributed by atoms with Gasteiger partial charge in [0.2, 0.25) is 5.91 Å². The number of nitrogens with one attached hydrogen (secondary N) is 1. The largest absolute Gasteiger partial charge is 0.459 e. The quantitative estimate of drug-likeness (QED) is 0.590. The summed E-state index contributed by atoms with van der Waals surface area (Å²) in [5.41, 5.74) is 2.21. The van der Waals surface area contributed by atoms with E-state index in [1.165, 1.54) is 4.57 Å². The fraction of sp³-hybridized carbons (Fsp3) is 0.238. The SMILES string of the molecule is CCn1c(=O)n(CC(=O)N[C@H](C)c2cc3ccccc3o2)c2ccccc21. The Hall–Kier alpha value is -3.28. The molecule has 1 N–H and O–H groups in total. The predicted molar refractivity (Wildman–Crippen MR) is 105 cm³/mol. The van der Waals surface area contributed by atoms with Gasteiger partial charge in [-0.3, -0.25) is 13.9 Å². The molecule has 138 valence electrons. The predicted octanol–water partition coefficient (Wildman–Crippen LogP) is 3.45. The van der Waals surface area contributed by atoms with Gasteiger partial charge in [0.05, 0.1) is 17.1 Å². The standard InChI is InChI=1S/C21H21N3O3/c1-3-23-16-9-5-6-10-17(16)24(21(23)26)13-20(25)22-14(2)19-12-15-8-4-7-11-18(15)27-19/h4-12,14H,3,13H2,1-2H3,(H,22,25)/t14-/m1/s1. The van der Waals surface area contributed by atoms with Crippen molar-refractivity contribution >= 4 is 27.9 Å². The van der Waals surface area contributed by atoms with Crippen LogP contribution in [-0.4, -0.2) is 15.0 Å². The molecule has 0 unspecified atom stereocenters. The Balaban J connectivity index is 1.57. The van der Waals surface area contributed by atoms with Crippen molar-refractivity contribution in [1.29, 1.82) is 0 Å². The van der Waals surface area contributed by atoms with Crippen LogP contribution in [0.25, 0.3) is 22.0 Å². The zero-order valence-corrected chi connectivity index (χ0v) is 15.3. The van der Waals surface area contributed by atoms with E-state index in [-0.39, 0.29) is 24.2 Å². The number of hydrogen-bond donors (Lipinski definition) is 1. The Morgan fingerprint density at radius 3 is 2.44 bits per heavy atom. The molecule has 0 saturated heterocycles. The number of aromatic nitrogens is 2. The van der Waals surface area contributed by atoms with Crippen LogP contribution in [-0.2, 0) is 17.9 Å². The number of aryl methyl sites for hydroxylation is 1. The van der Waals surface area contributed by atoms with Crippen molar-refractivity contribution in [3.05, 3.63) is 70.8 Å². The lowest BCUT2D eigenvalue weighted by Gasteiger charge is -2.11. The van der Waals surface area contributed by atoms with Crippen molar-refractivity contribution in [2.75, 3.05) is 0 Å². The van der Waals surface area contributed by atoms with E-state index in [0.717, 1.165) is 22.0 Å². The summed E-state index contributed by atoms with van der Waals surface area (Å²) in [5.74, 6) is 0.456. The van der Waals surface area contributed by atoms with Crippen LogP contribution in [0.3, 0.4) is 0 Å². The molecule has 4 aromatic rings. The van der Waals surface area contributed by atoms with Crippen molar-refractivity contribution in [2.45, 2.75) is 33.0 Å². The zero-order chi connectivity index (χ0) is 19.0. The van der Waals surface area contributed by atoms with Crippen LogP contribution >= 0.6 is 0 Å². The van der Waals surface area contributed by atoms with Gasteiger partial charge in [-0.25, -0.2) is 4.79 Å². The summed E-state index contributed by atoms with van der Waals surface area (Å²) in [4.78, 5) is 25.2. The van der Waals surface area contributed by atoms with Crippen LogP contribution in [0.5, 0.6) is 0 Å². The van der Waals surface area contributed by atoms with Crippen LogP contribution in [0.4, 0.5) is 0 Å². The second-order valence-corrected chi connectivity index (χ2v) is 6.58. The van der Waals surface area contributed by atoms with E-state index in [4.69, 9.17) is 4.42 Å². The van der Waals surface area contributed by atoms with Gasteiger partial charge in [-0.1, -0.05) is 30.3 Å². The first-order valence-corrected chi connectivity index (χ1v) is 9.04. The lowest BCUT2D eigenvalue weighted by Crippen LogP contribution is -2.34. The summed E-state index contributed by atoms with van der Waals surface area (Å²) >= 11 is 0. The molecule has 2 heterocycles. The first-order chi connectivity index (χ1) is 13.1. The lowest BCUT2D eigenvalue weighted by molar-refractivity contribution is -0.122. The van der Waals surface area contributed by atoms with Gasteiger partial charge in [-0.05, 0) is 38.1 Å². The van der Waals surface area contributed by atoms with E-state index in [1.54, 1.807) is 4.57 Å². The van der Waals surface area contributed by atoms with Crippen molar-refractivity contribution in [2.24, 2.45) is 0 Å². The lowest BCUT2D eigenvalue weighted by atomic mass is 10.2. The molecule has 1 atom stereocenters. The molecule has 6 heteroatoms. The molecule has 0 spiro atoms. The number of carbonyl (C=O) groups excluding carboxylic acids is 1. The van der Waals surface area contributed by atoms with E-state index in [9.17, 15) is 9.59 Å². The van der Waals surface area contributed by atoms with Gasteiger partial charge < -0.3 is 9.73 Å². The Bertz CT molecular complexity index is 1150. The van der Waals surface area contributed by atoms with E-state index in [2.05, 4.69) is 5.32 Å². The highest BCUT2D eigenvalue weighted by Crippen LogP contribution is 2.23. The zero-order valence-electron chi connectivity index (χ0n) is 15.3. The average Bonchev–Trinajstić information content (AvgIpc) is 3.21. The van der Waals surface area contributed by atoms with Crippen LogP contribution in [0, 0.1) is 0 Å². The molecular weight excluding hydrogens is 342 g/mol. The number of furan rings is 1. The molecule has 2 aromatic heterocycles. The molecule has 27 heavy (non-hydrogen) atoms. The van der Waals surface area contributed by atoms with Gasteiger partial charge >= 0.3 is 5.69 Å². The number of nitrogens with zero attached hydrogens (tertiary/aromatic N) is 2. The Morgan fingerprint density at radius 1 is 1.07 bits per heavy atom. The summed E-state index contributed by atoms with van der Waals surface area (Å²) in [6.07, 6.45) is 0. The molecule has 0 bridgehead atoms. The van der Waals surface area contributed by atoms with E-state index in [1.807, 2.05) is 68.4 Å². The minimum atomic E-state index is -0.292. The van der Waals surface area contributed by atoms with Gasteiger partial charge in [0, 0.05) is 11.9 Å². The summed E-state index contributed by atoms with van der Waals surface area (Å²) < 4.78 is 8.99. The summed E-state index contributed by atoms with van der Waals surface area (Å²) in [6.45, 7) is 4.32. The second kappa shape index (κ2) is 6.79. The Labute approximate surface area is 156 Å². The maximum atomic E-state index is 12.7. The maximum Gasteiger partial charge on any atom is 0.329 e. The Morgan fingerprint density at radius 2 is 1.74 bits per heavy atom. The van der Waals surface area contributed by atoms with Gasteiger partial charge in [-0.2, -0.15) is 0 Å². The number of imidazole rings is 1. The topological polar surface area (TPSA) is 69.2 Å². The molecule has 0 radical (unpaired) electrons. The fourth-order valence-corrected chi connectivity index (χ4v) is 3.45. The van der Waals surface area contributed by atoms with Gasteiger partial charge in [0.1, 0.15) is 17.9 Å². The highest BCUT2D eigenvalue weighted by molar-refractivity contribution is 5.81. The first kappa shape index (κ1) is 17.1. The summed E-state index contributed by atoms with van der Waals surface area (Å²) in [7, 11) is 0. The molecule has 2 aromatic carbocycles. The Kier molecular flexibility index (Phi) is 4.32. The van der Waals surface area contributed by atoms with Gasteiger partial charge in [0.25, 0.3) is 0 Å². The number of para-hydroxylation sites is 3. The number of benzene rings is 2. The smallest absolute Gasteiger partial charge is 0.329 e. The third-order valence-electron chi connectivity index (χ3n) is 4.79. The fourth-order valence-electron chi connectivity index (χ4n) is 3.45. The average molecular weight is 363 g/mol. The number of fused-ring (bicyclic) bond motifs is 2. The van der Waals surface area contributed by atoms with Crippen LogP contribution in [0.15, 0.2) is 63.8 Å². The molecule has 4 rings (SSSR count). The van der Waals surface area contributed by atoms with Crippen LogP contribution in [0.1, 0.15) is 25.6 Å². The number of carbonyl (C=O) groups is 1. The number of amides is 1. The van der Waals surface area contributed by atoms with E-state index in [0.29, 0.717) is 12.3 Å². The highest BCUT2D eigenvalue weighted by Gasteiger charge is 2.18. The van der Waals surface area contributed by atoms with Gasteiger partial charge in [0.15, 0.2) is 0 Å². The number of rotatable bonds is 5. The molecule has 0 saturated carbocycles. The molecule has 1 amide bonds. The first-order valence-electron chi connectivity index (χ1n) is 9.04. The highest BCUT2D eigenvalue weighted by atomic mass is 16.3. The third-order valence-corrected chi connectivity index (χ3v) is 4.79.